The summed E-state index contributed by atoms with van der Waals surface area (Å²) in [5, 5.41) is 23.0. The molecule has 0 radical (unpaired) electrons. The fourth-order valence-electron chi connectivity index (χ4n) is 3.70. The van der Waals surface area contributed by atoms with Crippen LogP contribution in [0.1, 0.15) is 40.0 Å². The van der Waals surface area contributed by atoms with Gasteiger partial charge < -0.3 is 25.3 Å². The minimum atomic E-state index is 0.0765. The van der Waals surface area contributed by atoms with E-state index in [9.17, 15) is 10.2 Å². The SMILES string of the molecule is CCNC(=NCC(CC)(CC)CCO)N1CCN(c2ccccc2O)CC1. The first-order chi connectivity index (χ1) is 13.1. The number of rotatable bonds is 8. The highest BCUT2D eigenvalue weighted by molar-refractivity contribution is 5.80. The van der Waals surface area contributed by atoms with Crippen LogP contribution in [0.4, 0.5) is 5.69 Å². The largest absolute Gasteiger partial charge is 0.506 e. The molecule has 0 spiro atoms. The summed E-state index contributed by atoms with van der Waals surface area (Å²) in [7, 11) is 0. The maximum absolute atomic E-state index is 10.1. The first kappa shape index (κ1) is 21.4. The summed E-state index contributed by atoms with van der Waals surface area (Å²) >= 11 is 0. The van der Waals surface area contributed by atoms with Crippen molar-refractivity contribution in [3.63, 3.8) is 0 Å². The van der Waals surface area contributed by atoms with Gasteiger partial charge in [-0.25, -0.2) is 0 Å². The molecule has 152 valence electrons. The maximum Gasteiger partial charge on any atom is 0.194 e. The number of guanidine groups is 1. The molecule has 1 heterocycles. The third kappa shape index (κ3) is 5.51. The van der Waals surface area contributed by atoms with Crippen molar-refractivity contribution < 1.29 is 10.2 Å². The van der Waals surface area contributed by atoms with Gasteiger partial charge in [0.15, 0.2) is 5.96 Å². The van der Waals surface area contributed by atoms with Crippen LogP contribution in [0, 0.1) is 5.41 Å². The first-order valence-corrected chi connectivity index (χ1v) is 10.3. The van der Waals surface area contributed by atoms with Crippen LogP contribution in [0.2, 0.25) is 0 Å². The summed E-state index contributed by atoms with van der Waals surface area (Å²) in [4.78, 5) is 9.46. The number of aromatic hydroxyl groups is 1. The van der Waals surface area contributed by atoms with E-state index in [2.05, 4.69) is 35.9 Å². The molecule has 1 fully saturated rings. The summed E-state index contributed by atoms with van der Waals surface area (Å²) in [6.45, 7) is 11.7. The zero-order chi connectivity index (χ0) is 19.7. The van der Waals surface area contributed by atoms with E-state index in [1.807, 2.05) is 18.2 Å². The molecule has 27 heavy (non-hydrogen) atoms. The molecule has 1 aliphatic rings. The Balaban J connectivity index is 2.04. The number of hydrogen-bond acceptors (Lipinski definition) is 4. The number of anilines is 1. The van der Waals surface area contributed by atoms with E-state index in [-0.39, 0.29) is 12.0 Å². The van der Waals surface area contributed by atoms with Gasteiger partial charge >= 0.3 is 0 Å². The van der Waals surface area contributed by atoms with Crippen molar-refractivity contribution in [2.75, 3.05) is 50.8 Å². The van der Waals surface area contributed by atoms with Crippen LogP contribution >= 0.6 is 0 Å². The van der Waals surface area contributed by atoms with Crippen LogP contribution < -0.4 is 10.2 Å². The average molecular weight is 377 g/mol. The van der Waals surface area contributed by atoms with Gasteiger partial charge in [0.1, 0.15) is 5.75 Å². The number of aliphatic hydroxyl groups is 1. The van der Waals surface area contributed by atoms with E-state index >= 15 is 0 Å². The van der Waals surface area contributed by atoms with E-state index in [0.29, 0.717) is 5.75 Å². The highest BCUT2D eigenvalue weighted by Gasteiger charge is 2.27. The van der Waals surface area contributed by atoms with Crippen LogP contribution in [0.3, 0.4) is 0 Å². The predicted molar refractivity (Wildman–Crippen MR) is 113 cm³/mol. The highest BCUT2D eigenvalue weighted by atomic mass is 16.3. The van der Waals surface area contributed by atoms with Crippen molar-refractivity contribution in [2.24, 2.45) is 10.4 Å². The van der Waals surface area contributed by atoms with Crippen molar-refractivity contribution in [1.82, 2.24) is 10.2 Å². The molecule has 2 rings (SSSR count). The normalized spacial score (nSPS) is 15.9. The molecule has 3 N–H and O–H groups in total. The molecular weight excluding hydrogens is 340 g/mol. The van der Waals surface area contributed by atoms with Crippen molar-refractivity contribution in [3.05, 3.63) is 24.3 Å². The van der Waals surface area contributed by atoms with Gasteiger partial charge in [-0.15, -0.1) is 0 Å². The number of phenolic OH excluding ortho intramolecular Hbond substituents is 1. The Labute approximate surface area is 163 Å². The average Bonchev–Trinajstić information content (AvgIpc) is 2.71. The standard InChI is InChI=1S/C21H36N4O2/c1-4-21(5-2,11-16-26)17-23-20(22-6-3)25-14-12-24(13-15-25)18-9-7-8-10-19(18)27/h7-10,26-27H,4-6,11-17H2,1-3H3,(H,22,23). The van der Waals surface area contributed by atoms with E-state index in [0.717, 1.165) is 70.2 Å². The third-order valence-corrected chi connectivity index (χ3v) is 5.84. The number of para-hydroxylation sites is 2. The molecule has 0 bridgehead atoms. The number of hydrogen-bond donors (Lipinski definition) is 3. The lowest BCUT2D eigenvalue weighted by Crippen LogP contribution is -2.52. The van der Waals surface area contributed by atoms with E-state index < -0.39 is 0 Å². The Bertz CT molecular complexity index is 594. The molecule has 0 atom stereocenters. The minimum Gasteiger partial charge on any atom is -0.506 e. The van der Waals surface area contributed by atoms with Crippen LogP contribution in [-0.4, -0.2) is 66.9 Å². The lowest BCUT2D eigenvalue weighted by Gasteiger charge is -2.38. The summed E-state index contributed by atoms with van der Waals surface area (Å²) in [6.07, 6.45) is 2.84. The Kier molecular flexibility index (Phi) is 8.23. The Morgan fingerprint density at radius 3 is 2.33 bits per heavy atom. The molecule has 1 saturated heterocycles. The van der Waals surface area contributed by atoms with E-state index in [1.165, 1.54) is 0 Å². The molecule has 0 saturated carbocycles. The maximum atomic E-state index is 10.1. The second-order valence-corrected chi connectivity index (χ2v) is 7.31. The molecule has 0 aliphatic carbocycles. The van der Waals surface area contributed by atoms with Gasteiger partial charge in [-0.05, 0) is 43.7 Å². The quantitative estimate of drug-likeness (QED) is 0.481. The minimum absolute atomic E-state index is 0.0765. The topological polar surface area (TPSA) is 71.3 Å². The number of nitrogens with one attached hydrogen (secondary N) is 1. The lowest BCUT2D eigenvalue weighted by molar-refractivity contribution is 0.175. The second kappa shape index (κ2) is 10.4. The van der Waals surface area contributed by atoms with Crippen molar-refractivity contribution >= 4 is 11.6 Å². The molecular formula is C21H36N4O2. The van der Waals surface area contributed by atoms with Gasteiger partial charge in [-0.3, -0.25) is 4.99 Å². The van der Waals surface area contributed by atoms with Crippen molar-refractivity contribution in [1.29, 1.82) is 0 Å². The number of piperazine rings is 1. The summed E-state index contributed by atoms with van der Waals surface area (Å²) in [5.41, 5.74) is 0.977. The molecule has 1 aliphatic heterocycles. The third-order valence-electron chi connectivity index (χ3n) is 5.84. The van der Waals surface area contributed by atoms with Gasteiger partial charge in [-0.2, -0.15) is 0 Å². The van der Waals surface area contributed by atoms with E-state index in [1.54, 1.807) is 6.07 Å². The van der Waals surface area contributed by atoms with Gasteiger partial charge in [0, 0.05) is 45.9 Å². The van der Waals surface area contributed by atoms with Crippen LogP contribution in [-0.2, 0) is 0 Å². The Morgan fingerprint density at radius 1 is 1.11 bits per heavy atom. The second-order valence-electron chi connectivity index (χ2n) is 7.31. The predicted octanol–water partition coefficient (Wildman–Crippen LogP) is 2.67. The monoisotopic (exact) mass is 376 g/mol. The Hall–Kier alpha value is -1.95. The van der Waals surface area contributed by atoms with Gasteiger partial charge in [0.2, 0.25) is 0 Å². The number of phenols is 1. The van der Waals surface area contributed by atoms with Crippen LogP contribution in [0.15, 0.2) is 29.3 Å². The van der Waals surface area contributed by atoms with Gasteiger partial charge in [0.05, 0.1) is 5.69 Å². The molecule has 0 aromatic heterocycles. The number of nitrogens with zero attached hydrogens (tertiary/aromatic N) is 3. The smallest absolute Gasteiger partial charge is 0.194 e. The van der Waals surface area contributed by atoms with Crippen LogP contribution in [0.5, 0.6) is 5.75 Å². The molecule has 6 heteroatoms. The number of benzene rings is 1. The first-order valence-electron chi connectivity index (χ1n) is 10.3. The molecule has 0 unspecified atom stereocenters. The number of aliphatic imine (C=N–C) groups is 1. The Morgan fingerprint density at radius 2 is 1.78 bits per heavy atom. The molecule has 1 aromatic carbocycles. The van der Waals surface area contributed by atoms with Gasteiger partial charge in [-0.1, -0.05) is 26.0 Å². The fraction of sp³-hybridized carbons (Fsp3) is 0.667. The van der Waals surface area contributed by atoms with Gasteiger partial charge in [0.25, 0.3) is 0 Å². The van der Waals surface area contributed by atoms with Crippen molar-refractivity contribution in [2.45, 2.75) is 40.0 Å². The molecule has 6 nitrogen and oxygen atoms in total. The number of aliphatic hydroxyl groups excluding tert-OH is 1. The highest BCUT2D eigenvalue weighted by Crippen LogP contribution is 2.31. The summed E-state index contributed by atoms with van der Waals surface area (Å²) < 4.78 is 0. The molecule has 1 aromatic rings. The zero-order valence-corrected chi connectivity index (χ0v) is 17.1. The zero-order valence-electron chi connectivity index (χ0n) is 17.1. The van der Waals surface area contributed by atoms with Crippen LogP contribution in [0.25, 0.3) is 0 Å². The summed E-state index contributed by atoms with van der Waals surface area (Å²) in [6, 6.07) is 7.52. The van der Waals surface area contributed by atoms with E-state index in [4.69, 9.17) is 4.99 Å². The van der Waals surface area contributed by atoms with Crippen molar-refractivity contribution in [3.8, 4) is 5.75 Å². The fourth-order valence-corrected chi connectivity index (χ4v) is 3.70. The summed E-state index contributed by atoms with van der Waals surface area (Å²) in [5.74, 6) is 1.30. The molecule has 0 amide bonds. The lowest BCUT2D eigenvalue weighted by atomic mass is 9.79.